The van der Waals surface area contributed by atoms with Gasteiger partial charge >= 0.3 is 0 Å². The highest BCUT2D eigenvalue weighted by Crippen LogP contribution is 2.22. The monoisotopic (exact) mass is 352 g/mol. The van der Waals surface area contributed by atoms with Crippen LogP contribution in [0.4, 0.5) is 5.82 Å². The Bertz CT molecular complexity index is 719. The number of carbonyl (C=O) groups excluding carboxylic acids is 1. The van der Waals surface area contributed by atoms with Gasteiger partial charge in [-0.25, -0.2) is 9.97 Å². The van der Waals surface area contributed by atoms with E-state index in [1.807, 2.05) is 29.2 Å². The summed E-state index contributed by atoms with van der Waals surface area (Å²) in [7, 11) is 0. The maximum Gasteiger partial charge on any atom is 0.272 e. The summed E-state index contributed by atoms with van der Waals surface area (Å²) in [6.45, 7) is 6.67. The molecule has 1 aliphatic rings. The molecule has 138 valence electrons. The fraction of sp³-hybridized carbons (Fsp3) is 0.476. The van der Waals surface area contributed by atoms with Gasteiger partial charge < -0.3 is 9.80 Å². The van der Waals surface area contributed by atoms with Crippen molar-refractivity contribution >= 4 is 11.7 Å². The quantitative estimate of drug-likeness (QED) is 0.791. The minimum absolute atomic E-state index is 0.0379. The number of amides is 1. The SMILES string of the molecule is CCC1CCCCN1C(=O)c1cc(N(CC)Cc2ccccc2)ncn1. The Hall–Kier alpha value is -2.43. The van der Waals surface area contributed by atoms with E-state index in [4.69, 9.17) is 0 Å². The van der Waals surface area contributed by atoms with Crippen molar-refractivity contribution in [2.75, 3.05) is 18.0 Å². The molecule has 2 aromatic rings. The van der Waals surface area contributed by atoms with Crippen molar-refractivity contribution in [2.45, 2.75) is 52.1 Å². The maximum atomic E-state index is 13.0. The van der Waals surface area contributed by atoms with E-state index in [1.165, 1.54) is 18.3 Å². The highest BCUT2D eigenvalue weighted by Gasteiger charge is 2.27. The van der Waals surface area contributed by atoms with Gasteiger partial charge in [-0.05, 0) is 38.2 Å². The van der Waals surface area contributed by atoms with Gasteiger partial charge in [0.25, 0.3) is 5.91 Å². The van der Waals surface area contributed by atoms with Crippen molar-refractivity contribution in [1.82, 2.24) is 14.9 Å². The third-order valence-corrected chi connectivity index (χ3v) is 5.15. The summed E-state index contributed by atoms with van der Waals surface area (Å²) in [6, 6.07) is 12.5. The van der Waals surface area contributed by atoms with Crippen LogP contribution in [0.3, 0.4) is 0 Å². The fourth-order valence-electron chi connectivity index (χ4n) is 3.64. The Morgan fingerprint density at radius 1 is 1.19 bits per heavy atom. The number of likely N-dealkylation sites (tertiary alicyclic amines) is 1. The minimum Gasteiger partial charge on any atom is -0.352 e. The fourth-order valence-corrected chi connectivity index (χ4v) is 3.64. The maximum absolute atomic E-state index is 13.0. The first-order valence-electron chi connectivity index (χ1n) is 9.64. The number of benzene rings is 1. The number of hydrogen-bond donors (Lipinski definition) is 0. The second-order valence-corrected chi connectivity index (χ2v) is 6.82. The first-order valence-corrected chi connectivity index (χ1v) is 9.64. The summed E-state index contributed by atoms with van der Waals surface area (Å²) >= 11 is 0. The van der Waals surface area contributed by atoms with Gasteiger partial charge in [0.05, 0.1) is 0 Å². The summed E-state index contributed by atoms with van der Waals surface area (Å²) in [4.78, 5) is 25.9. The second kappa shape index (κ2) is 8.79. The lowest BCUT2D eigenvalue weighted by Gasteiger charge is -2.35. The molecule has 1 atom stereocenters. The van der Waals surface area contributed by atoms with Crippen molar-refractivity contribution in [3.05, 3.63) is 54.0 Å². The third kappa shape index (κ3) is 4.21. The number of rotatable bonds is 6. The topological polar surface area (TPSA) is 49.3 Å². The summed E-state index contributed by atoms with van der Waals surface area (Å²) < 4.78 is 0. The van der Waals surface area contributed by atoms with Gasteiger partial charge in [0.2, 0.25) is 0 Å². The van der Waals surface area contributed by atoms with Crippen LogP contribution in [0.5, 0.6) is 0 Å². The lowest BCUT2D eigenvalue weighted by atomic mass is 9.99. The van der Waals surface area contributed by atoms with Crippen LogP contribution in [0.2, 0.25) is 0 Å². The zero-order chi connectivity index (χ0) is 18.4. The Kier molecular flexibility index (Phi) is 6.21. The van der Waals surface area contributed by atoms with Gasteiger partial charge in [-0.15, -0.1) is 0 Å². The highest BCUT2D eigenvalue weighted by atomic mass is 16.2. The minimum atomic E-state index is 0.0379. The molecule has 1 aromatic carbocycles. The normalized spacial score (nSPS) is 17.2. The lowest BCUT2D eigenvalue weighted by molar-refractivity contribution is 0.0602. The molecular formula is C21H28N4O. The molecule has 0 spiro atoms. The third-order valence-electron chi connectivity index (χ3n) is 5.15. The molecular weight excluding hydrogens is 324 g/mol. The zero-order valence-corrected chi connectivity index (χ0v) is 15.8. The van der Waals surface area contributed by atoms with Crippen molar-refractivity contribution in [3.63, 3.8) is 0 Å². The number of hydrogen-bond acceptors (Lipinski definition) is 4. The predicted molar refractivity (Wildman–Crippen MR) is 104 cm³/mol. The van der Waals surface area contributed by atoms with E-state index in [0.717, 1.165) is 44.7 Å². The van der Waals surface area contributed by atoms with Crippen LogP contribution >= 0.6 is 0 Å². The molecule has 2 heterocycles. The summed E-state index contributed by atoms with van der Waals surface area (Å²) in [5.74, 6) is 0.843. The van der Waals surface area contributed by atoms with Gasteiger partial charge in [-0.1, -0.05) is 37.3 Å². The standard InChI is InChI=1S/C21H28N4O/c1-3-18-12-8-9-13-25(18)21(26)19-14-20(23-16-22-19)24(4-2)15-17-10-6-5-7-11-17/h5-7,10-11,14,16,18H,3-4,8-9,12-13,15H2,1-2H3. The molecule has 1 aromatic heterocycles. The lowest BCUT2D eigenvalue weighted by Crippen LogP contribution is -2.43. The molecule has 0 aliphatic carbocycles. The molecule has 5 nitrogen and oxygen atoms in total. The molecule has 0 bridgehead atoms. The molecule has 0 N–H and O–H groups in total. The van der Waals surface area contributed by atoms with Gasteiger partial charge in [-0.3, -0.25) is 4.79 Å². The first-order chi connectivity index (χ1) is 12.7. The van der Waals surface area contributed by atoms with Gasteiger partial charge in [0.15, 0.2) is 0 Å². The number of carbonyl (C=O) groups is 1. The van der Waals surface area contributed by atoms with E-state index in [2.05, 4.69) is 40.8 Å². The molecule has 0 saturated carbocycles. The van der Waals surface area contributed by atoms with Crippen LogP contribution < -0.4 is 4.90 Å². The van der Waals surface area contributed by atoms with Crippen LogP contribution in [0.1, 0.15) is 55.6 Å². The molecule has 5 heteroatoms. The molecule has 1 amide bonds. The molecule has 26 heavy (non-hydrogen) atoms. The Labute approximate surface area is 156 Å². The number of piperidine rings is 1. The summed E-state index contributed by atoms with van der Waals surface area (Å²) in [5, 5.41) is 0. The Balaban J connectivity index is 1.79. The van der Waals surface area contributed by atoms with Crippen LogP contribution in [0.25, 0.3) is 0 Å². The molecule has 1 unspecified atom stereocenters. The molecule has 0 radical (unpaired) electrons. The van der Waals surface area contributed by atoms with Crippen LogP contribution in [-0.4, -0.2) is 39.9 Å². The predicted octanol–water partition coefficient (Wildman–Crippen LogP) is 3.91. The number of aromatic nitrogens is 2. The Morgan fingerprint density at radius 2 is 2.00 bits per heavy atom. The van der Waals surface area contributed by atoms with Crippen molar-refractivity contribution in [2.24, 2.45) is 0 Å². The van der Waals surface area contributed by atoms with Crippen LogP contribution in [0, 0.1) is 0 Å². The Morgan fingerprint density at radius 3 is 2.73 bits per heavy atom. The van der Waals surface area contributed by atoms with E-state index < -0.39 is 0 Å². The van der Waals surface area contributed by atoms with E-state index in [1.54, 1.807) is 0 Å². The number of nitrogens with zero attached hydrogens (tertiary/aromatic N) is 4. The second-order valence-electron chi connectivity index (χ2n) is 6.82. The van der Waals surface area contributed by atoms with Crippen molar-refractivity contribution in [1.29, 1.82) is 0 Å². The van der Waals surface area contributed by atoms with Gasteiger partial charge in [0, 0.05) is 31.7 Å². The average Bonchev–Trinajstić information content (AvgIpc) is 2.72. The number of anilines is 1. The average molecular weight is 352 g/mol. The summed E-state index contributed by atoms with van der Waals surface area (Å²) in [5.41, 5.74) is 1.73. The van der Waals surface area contributed by atoms with Gasteiger partial charge in [-0.2, -0.15) is 0 Å². The van der Waals surface area contributed by atoms with E-state index >= 15 is 0 Å². The first kappa shape index (κ1) is 18.4. The molecule has 1 saturated heterocycles. The van der Waals surface area contributed by atoms with Gasteiger partial charge in [0.1, 0.15) is 17.8 Å². The molecule has 3 rings (SSSR count). The summed E-state index contributed by atoms with van der Waals surface area (Å²) in [6.07, 6.45) is 5.89. The van der Waals surface area contributed by atoms with Crippen LogP contribution in [-0.2, 0) is 6.54 Å². The van der Waals surface area contributed by atoms with E-state index in [-0.39, 0.29) is 5.91 Å². The zero-order valence-electron chi connectivity index (χ0n) is 15.8. The largest absolute Gasteiger partial charge is 0.352 e. The highest BCUT2D eigenvalue weighted by molar-refractivity contribution is 5.93. The molecule has 1 fully saturated rings. The smallest absolute Gasteiger partial charge is 0.272 e. The van der Waals surface area contributed by atoms with E-state index in [0.29, 0.717) is 11.7 Å². The van der Waals surface area contributed by atoms with Crippen LogP contribution in [0.15, 0.2) is 42.7 Å². The van der Waals surface area contributed by atoms with Crippen molar-refractivity contribution in [3.8, 4) is 0 Å². The van der Waals surface area contributed by atoms with E-state index in [9.17, 15) is 4.79 Å². The van der Waals surface area contributed by atoms with Crippen molar-refractivity contribution < 1.29 is 4.79 Å². The molecule has 1 aliphatic heterocycles.